The Kier molecular flexibility index (Phi) is 3.48. The quantitative estimate of drug-likeness (QED) is 0.795. The van der Waals surface area contributed by atoms with E-state index in [2.05, 4.69) is 15.5 Å². The van der Waals surface area contributed by atoms with E-state index in [1.54, 1.807) is 9.36 Å². The van der Waals surface area contributed by atoms with Crippen LogP contribution in [0.25, 0.3) is 11.3 Å². The minimum atomic E-state index is -0.0876. The van der Waals surface area contributed by atoms with Crippen LogP contribution in [-0.2, 0) is 38.3 Å². The van der Waals surface area contributed by atoms with Crippen LogP contribution in [0.5, 0.6) is 0 Å². The highest BCUT2D eigenvalue weighted by atomic mass is 16.2. The zero-order valence-electron chi connectivity index (χ0n) is 13.9. The number of amides is 1. The molecule has 124 valence electrons. The minimum Gasteiger partial charge on any atom is -0.357 e. The summed E-state index contributed by atoms with van der Waals surface area (Å²) in [7, 11) is 3.84. The Hall–Kier alpha value is -2.83. The molecule has 1 N–H and O–H groups in total. The maximum Gasteiger partial charge on any atom is 0.247 e. The van der Waals surface area contributed by atoms with E-state index in [4.69, 9.17) is 0 Å². The van der Waals surface area contributed by atoms with Gasteiger partial charge in [-0.15, -0.1) is 0 Å². The standard InChI is InChI=1S/C17H20N6O/c1-21-8-6-12(10-21)14-7-9-23(20-14)11-16(24)18-17-13-4-3-5-15(13)19-22(17)2/h6-10H,3-5,11H2,1-2H3,(H,18,24). The van der Waals surface area contributed by atoms with Crippen molar-refractivity contribution in [1.82, 2.24) is 24.1 Å². The van der Waals surface area contributed by atoms with Gasteiger partial charge < -0.3 is 9.88 Å². The summed E-state index contributed by atoms with van der Waals surface area (Å²) in [5.41, 5.74) is 4.19. The molecule has 4 rings (SSSR count). The third-order valence-corrected chi connectivity index (χ3v) is 4.40. The van der Waals surface area contributed by atoms with E-state index in [-0.39, 0.29) is 12.5 Å². The van der Waals surface area contributed by atoms with E-state index in [0.29, 0.717) is 0 Å². The van der Waals surface area contributed by atoms with E-state index in [1.165, 1.54) is 5.56 Å². The maximum absolute atomic E-state index is 12.4. The SMILES string of the molecule is Cn1ccc(-c2ccn(CC(=O)Nc3c4c(nn3C)CCC4)n2)c1. The van der Waals surface area contributed by atoms with Crippen molar-refractivity contribution in [2.24, 2.45) is 14.1 Å². The van der Waals surface area contributed by atoms with Crippen molar-refractivity contribution in [2.75, 3.05) is 5.32 Å². The highest BCUT2D eigenvalue weighted by Gasteiger charge is 2.22. The van der Waals surface area contributed by atoms with Crippen molar-refractivity contribution in [2.45, 2.75) is 25.8 Å². The van der Waals surface area contributed by atoms with Gasteiger partial charge in [-0.05, 0) is 31.4 Å². The van der Waals surface area contributed by atoms with Gasteiger partial charge in [-0.25, -0.2) is 0 Å². The lowest BCUT2D eigenvalue weighted by atomic mass is 10.2. The number of nitrogens with one attached hydrogen (secondary N) is 1. The molecule has 0 atom stereocenters. The van der Waals surface area contributed by atoms with E-state index >= 15 is 0 Å². The Morgan fingerprint density at radius 2 is 2.08 bits per heavy atom. The number of rotatable bonds is 4. The Morgan fingerprint density at radius 3 is 2.88 bits per heavy atom. The van der Waals surface area contributed by atoms with Crippen molar-refractivity contribution < 1.29 is 4.79 Å². The van der Waals surface area contributed by atoms with Gasteiger partial charge in [0.05, 0.1) is 11.4 Å². The van der Waals surface area contributed by atoms with E-state index in [9.17, 15) is 4.79 Å². The lowest BCUT2D eigenvalue weighted by Gasteiger charge is -2.07. The van der Waals surface area contributed by atoms with Gasteiger partial charge in [-0.2, -0.15) is 10.2 Å². The highest BCUT2D eigenvalue weighted by molar-refractivity contribution is 5.90. The fourth-order valence-corrected chi connectivity index (χ4v) is 3.25. The van der Waals surface area contributed by atoms with Gasteiger partial charge in [-0.1, -0.05) is 0 Å². The number of hydrogen-bond donors (Lipinski definition) is 1. The summed E-state index contributed by atoms with van der Waals surface area (Å²) >= 11 is 0. The minimum absolute atomic E-state index is 0.0876. The number of carbonyl (C=O) groups excluding carboxylic acids is 1. The predicted octanol–water partition coefficient (Wildman–Crippen LogP) is 1.75. The van der Waals surface area contributed by atoms with E-state index < -0.39 is 0 Å². The summed E-state index contributed by atoms with van der Waals surface area (Å²) in [5.74, 6) is 0.735. The maximum atomic E-state index is 12.4. The lowest BCUT2D eigenvalue weighted by molar-refractivity contribution is -0.116. The summed E-state index contributed by atoms with van der Waals surface area (Å²) < 4.78 is 5.40. The van der Waals surface area contributed by atoms with Gasteiger partial charge >= 0.3 is 0 Å². The molecule has 1 amide bonds. The molecular weight excluding hydrogens is 304 g/mol. The first kappa shape index (κ1) is 14.7. The second-order valence-electron chi connectivity index (χ2n) is 6.26. The molecule has 0 bridgehead atoms. The van der Waals surface area contributed by atoms with Gasteiger partial charge in [-0.3, -0.25) is 14.2 Å². The zero-order chi connectivity index (χ0) is 16.7. The van der Waals surface area contributed by atoms with Crippen LogP contribution in [0.15, 0.2) is 30.7 Å². The second-order valence-corrected chi connectivity index (χ2v) is 6.26. The molecular formula is C17H20N6O. The van der Waals surface area contributed by atoms with Crippen LogP contribution >= 0.6 is 0 Å². The fourth-order valence-electron chi connectivity index (χ4n) is 3.25. The first-order chi connectivity index (χ1) is 11.6. The summed E-state index contributed by atoms with van der Waals surface area (Å²) in [6, 6.07) is 3.93. The number of nitrogens with zero attached hydrogens (tertiary/aromatic N) is 5. The second kappa shape index (κ2) is 5.67. The number of anilines is 1. The first-order valence-electron chi connectivity index (χ1n) is 8.10. The lowest BCUT2D eigenvalue weighted by Crippen LogP contribution is -2.21. The largest absolute Gasteiger partial charge is 0.357 e. The molecule has 7 heteroatoms. The molecule has 0 saturated carbocycles. The number of hydrogen-bond acceptors (Lipinski definition) is 3. The van der Waals surface area contributed by atoms with E-state index in [0.717, 1.165) is 42.0 Å². The molecule has 3 aromatic rings. The van der Waals surface area contributed by atoms with Crippen molar-refractivity contribution in [3.63, 3.8) is 0 Å². The summed E-state index contributed by atoms with van der Waals surface area (Å²) in [5, 5.41) is 11.9. The van der Waals surface area contributed by atoms with Crippen LogP contribution in [0.4, 0.5) is 5.82 Å². The number of carbonyl (C=O) groups is 1. The summed E-state index contributed by atoms with van der Waals surface area (Å²) in [4.78, 5) is 12.4. The van der Waals surface area contributed by atoms with Crippen LogP contribution in [0, 0.1) is 0 Å². The normalized spacial score (nSPS) is 13.2. The van der Waals surface area contributed by atoms with Crippen LogP contribution < -0.4 is 5.32 Å². The molecule has 1 aliphatic rings. The van der Waals surface area contributed by atoms with Gasteiger partial charge in [0.2, 0.25) is 5.91 Å². The fraction of sp³-hybridized carbons (Fsp3) is 0.353. The number of aryl methyl sites for hydroxylation is 3. The van der Waals surface area contributed by atoms with Gasteiger partial charge in [0, 0.05) is 43.8 Å². The number of aromatic nitrogens is 5. The molecule has 0 saturated heterocycles. The Labute approximate surface area is 139 Å². The Morgan fingerprint density at radius 1 is 1.21 bits per heavy atom. The molecule has 3 heterocycles. The van der Waals surface area contributed by atoms with Gasteiger partial charge in [0.1, 0.15) is 12.4 Å². The van der Waals surface area contributed by atoms with E-state index in [1.807, 2.05) is 49.4 Å². The highest BCUT2D eigenvalue weighted by Crippen LogP contribution is 2.28. The molecule has 1 aliphatic carbocycles. The molecule has 0 aliphatic heterocycles. The van der Waals surface area contributed by atoms with Gasteiger partial charge in [0.15, 0.2) is 0 Å². The van der Waals surface area contributed by atoms with Gasteiger partial charge in [0.25, 0.3) is 0 Å². The average molecular weight is 324 g/mol. The summed E-state index contributed by atoms with van der Waals surface area (Å²) in [6.07, 6.45) is 8.91. The van der Waals surface area contributed by atoms with Crippen molar-refractivity contribution in [3.8, 4) is 11.3 Å². The third-order valence-electron chi connectivity index (χ3n) is 4.40. The number of fused-ring (bicyclic) bond motifs is 1. The van der Waals surface area contributed by atoms with Crippen molar-refractivity contribution in [1.29, 1.82) is 0 Å². The van der Waals surface area contributed by atoms with Crippen LogP contribution in [-0.4, -0.2) is 30.0 Å². The molecule has 7 nitrogen and oxygen atoms in total. The first-order valence-corrected chi connectivity index (χ1v) is 8.10. The molecule has 0 spiro atoms. The van der Waals surface area contributed by atoms with Crippen LogP contribution in [0.2, 0.25) is 0 Å². The molecule has 24 heavy (non-hydrogen) atoms. The Balaban J connectivity index is 1.46. The molecule has 0 unspecified atom stereocenters. The monoisotopic (exact) mass is 324 g/mol. The third kappa shape index (κ3) is 2.62. The summed E-state index contributed by atoms with van der Waals surface area (Å²) in [6.45, 7) is 0.187. The predicted molar refractivity (Wildman–Crippen MR) is 90.5 cm³/mol. The zero-order valence-corrected chi connectivity index (χ0v) is 13.9. The topological polar surface area (TPSA) is 69.7 Å². The van der Waals surface area contributed by atoms with Crippen LogP contribution in [0.3, 0.4) is 0 Å². The van der Waals surface area contributed by atoms with Crippen molar-refractivity contribution in [3.05, 3.63) is 42.0 Å². The van der Waals surface area contributed by atoms with Crippen molar-refractivity contribution >= 4 is 11.7 Å². The average Bonchev–Trinajstić information content (AvgIpc) is 3.28. The smallest absolute Gasteiger partial charge is 0.247 e. The molecule has 3 aromatic heterocycles. The molecule has 0 aromatic carbocycles. The molecule has 0 fully saturated rings. The molecule has 0 radical (unpaired) electrons. The Bertz CT molecular complexity index is 900. The van der Waals surface area contributed by atoms with Crippen LogP contribution in [0.1, 0.15) is 17.7 Å².